The molecule has 1 aliphatic rings. The first-order valence-corrected chi connectivity index (χ1v) is 7.14. The van der Waals surface area contributed by atoms with Gasteiger partial charge in [-0.05, 0) is 32.6 Å². The molecular weight excluding hydrogens is 341 g/mol. The number of aliphatic hydroxyl groups is 1. The number of hydrogen-bond acceptors (Lipinski definition) is 5. The molecule has 132 valence electrons. The van der Waals surface area contributed by atoms with E-state index in [1.165, 1.54) is 0 Å². The number of rotatable bonds is 6. The number of aliphatic hydroxyl groups excluding tert-OH is 1. The molecule has 3 N–H and O–H groups in total. The molecule has 0 saturated carbocycles. The fourth-order valence-electron chi connectivity index (χ4n) is 2.16. The van der Waals surface area contributed by atoms with Crippen LogP contribution in [0, 0.1) is 0 Å². The quantitative estimate of drug-likeness (QED) is 0.704. The van der Waals surface area contributed by atoms with Crippen molar-refractivity contribution in [1.82, 2.24) is 10.2 Å². The second-order valence-electron chi connectivity index (χ2n) is 5.52. The third-order valence-electron chi connectivity index (χ3n) is 3.33. The summed E-state index contributed by atoms with van der Waals surface area (Å²) in [6.07, 6.45) is 0.00616. The molecule has 0 aromatic heterocycles. The highest BCUT2D eigenvalue weighted by Crippen LogP contribution is 2.18. The Kier molecular flexibility index (Phi) is 10.2. The first-order chi connectivity index (χ1) is 10.0. The van der Waals surface area contributed by atoms with Gasteiger partial charge in [-0.3, -0.25) is 4.79 Å². The maximum atomic E-state index is 12.0. The lowest BCUT2D eigenvalue weighted by molar-refractivity contribution is -0.117. The van der Waals surface area contributed by atoms with Crippen LogP contribution in [-0.4, -0.2) is 61.9 Å². The van der Waals surface area contributed by atoms with Crippen LogP contribution in [0.1, 0.15) is 6.42 Å². The number of carbonyl (C=O) groups is 1. The second kappa shape index (κ2) is 10.7. The normalized spacial score (nSPS) is 19.7. The van der Waals surface area contributed by atoms with Gasteiger partial charge in [-0.1, -0.05) is 6.07 Å². The number of halogens is 2. The monoisotopic (exact) mass is 365 g/mol. The summed E-state index contributed by atoms with van der Waals surface area (Å²) in [6.45, 7) is 1.90. The second-order valence-corrected chi connectivity index (χ2v) is 5.52. The minimum Gasteiger partial charge on any atom is -0.492 e. The molecule has 2 atom stereocenters. The van der Waals surface area contributed by atoms with Crippen molar-refractivity contribution in [3.8, 4) is 5.75 Å². The zero-order valence-electron chi connectivity index (χ0n) is 13.3. The maximum Gasteiger partial charge on any atom is 0.241 e. The van der Waals surface area contributed by atoms with E-state index in [1.54, 1.807) is 6.07 Å². The van der Waals surface area contributed by atoms with Crippen molar-refractivity contribution in [2.45, 2.75) is 18.6 Å². The fraction of sp³-hybridized carbons (Fsp3) is 0.533. The van der Waals surface area contributed by atoms with Crippen LogP contribution in [0.5, 0.6) is 5.75 Å². The minimum absolute atomic E-state index is 0. The average Bonchev–Trinajstić information content (AvgIpc) is 2.85. The molecule has 1 fully saturated rings. The summed E-state index contributed by atoms with van der Waals surface area (Å²) in [6, 6.07) is 7.00. The molecule has 8 heteroatoms. The zero-order valence-corrected chi connectivity index (χ0v) is 15.0. The molecule has 0 aliphatic carbocycles. The van der Waals surface area contributed by atoms with Crippen LogP contribution in [-0.2, 0) is 4.79 Å². The summed E-state index contributed by atoms with van der Waals surface area (Å²) in [5.74, 6) is 0.603. The van der Waals surface area contributed by atoms with Crippen LogP contribution in [0.25, 0.3) is 0 Å². The van der Waals surface area contributed by atoms with E-state index in [2.05, 4.69) is 10.6 Å². The average molecular weight is 366 g/mol. The van der Waals surface area contributed by atoms with Crippen molar-refractivity contribution in [2.75, 3.05) is 39.1 Å². The molecule has 0 radical (unpaired) electrons. The van der Waals surface area contributed by atoms with Gasteiger partial charge in [0.15, 0.2) is 0 Å². The molecule has 1 amide bonds. The SMILES string of the molecule is CN(C)CCOc1cccc(NC(=O)C2CC(O)CN2)c1.Cl.Cl. The third kappa shape index (κ3) is 7.37. The van der Waals surface area contributed by atoms with Crippen molar-refractivity contribution in [1.29, 1.82) is 0 Å². The van der Waals surface area contributed by atoms with E-state index in [0.29, 0.717) is 25.3 Å². The number of nitrogens with one attached hydrogen (secondary N) is 2. The predicted octanol–water partition coefficient (Wildman–Crippen LogP) is 1.13. The number of ether oxygens (including phenoxy) is 1. The lowest BCUT2D eigenvalue weighted by Crippen LogP contribution is -2.35. The number of hydrogen-bond donors (Lipinski definition) is 3. The summed E-state index contributed by atoms with van der Waals surface area (Å²) in [5.41, 5.74) is 0.700. The highest BCUT2D eigenvalue weighted by atomic mass is 35.5. The van der Waals surface area contributed by atoms with Gasteiger partial charge in [0.1, 0.15) is 12.4 Å². The molecule has 0 bridgehead atoms. The van der Waals surface area contributed by atoms with Gasteiger partial charge in [0.25, 0.3) is 0 Å². The number of benzene rings is 1. The van der Waals surface area contributed by atoms with Crippen molar-refractivity contribution in [3.05, 3.63) is 24.3 Å². The Balaban J connectivity index is 0.00000242. The van der Waals surface area contributed by atoms with E-state index in [1.807, 2.05) is 37.2 Å². The van der Waals surface area contributed by atoms with Gasteiger partial charge in [-0.25, -0.2) is 0 Å². The minimum atomic E-state index is -0.443. The van der Waals surface area contributed by atoms with E-state index in [0.717, 1.165) is 12.3 Å². The molecule has 1 aromatic rings. The number of anilines is 1. The van der Waals surface area contributed by atoms with Crippen LogP contribution < -0.4 is 15.4 Å². The van der Waals surface area contributed by atoms with Crippen molar-refractivity contribution in [3.63, 3.8) is 0 Å². The lowest BCUT2D eigenvalue weighted by Gasteiger charge is -2.13. The summed E-state index contributed by atoms with van der Waals surface area (Å²) < 4.78 is 5.63. The van der Waals surface area contributed by atoms with Crippen LogP contribution in [0.15, 0.2) is 24.3 Å². The number of likely N-dealkylation sites (N-methyl/N-ethyl adjacent to an activating group) is 1. The van der Waals surface area contributed by atoms with Crippen molar-refractivity contribution < 1.29 is 14.6 Å². The largest absolute Gasteiger partial charge is 0.492 e. The molecule has 1 aliphatic heterocycles. The molecule has 23 heavy (non-hydrogen) atoms. The third-order valence-corrected chi connectivity index (χ3v) is 3.33. The van der Waals surface area contributed by atoms with Crippen LogP contribution in [0.3, 0.4) is 0 Å². The highest BCUT2D eigenvalue weighted by molar-refractivity contribution is 5.95. The van der Waals surface area contributed by atoms with Crippen molar-refractivity contribution in [2.24, 2.45) is 0 Å². The predicted molar refractivity (Wildman–Crippen MR) is 96.0 cm³/mol. The fourth-order valence-corrected chi connectivity index (χ4v) is 2.16. The smallest absolute Gasteiger partial charge is 0.241 e. The number of amides is 1. The zero-order chi connectivity index (χ0) is 15.2. The molecule has 1 aromatic carbocycles. The van der Waals surface area contributed by atoms with Gasteiger partial charge in [-0.2, -0.15) is 0 Å². The van der Waals surface area contributed by atoms with E-state index in [4.69, 9.17) is 4.74 Å². The summed E-state index contributed by atoms with van der Waals surface area (Å²) in [4.78, 5) is 14.1. The van der Waals surface area contributed by atoms with Gasteiger partial charge in [-0.15, -0.1) is 24.8 Å². The Bertz CT molecular complexity index is 489. The number of β-amino-alcohol motifs (C(OH)–C–C–N with tert-alkyl or cyclic N) is 1. The Morgan fingerprint density at radius 2 is 2.17 bits per heavy atom. The van der Waals surface area contributed by atoms with E-state index < -0.39 is 6.10 Å². The Morgan fingerprint density at radius 3 is 2.78 bits per heavy atom. The van der Waals surface area contributed by atoms with Crippen molar-refractivity contribution >= 4 is 36.4 Å². The molecule has 1 saturated heterocycles. The summed E-state index contributed by atoms with van der Waals surface area (Å²) in [5, 5.41) is 15.3. The van der Waals surface area contributed by atoms with E-state index >= 15 is 0 Å². The van der Waals surface area contributed by atoms with Gasteiger partial charge in [0.05, 0.1) is 12.1 Å². The van der Waals surface area contributed by atoms with Gasteiger partial charge in [0, 0.05) is 24.8 Å². The summed E-state index contributed by atoms with van der Waals surface area (Å²) in [7, 11) is 3.98. The van der Waals surface area contributed by atoms with E-state index in [9.17, 15) is 9.90 Å². The molecule has 2 rings (SSSR count). The number of nitrogens with zero attached hydrogens (tertiary/aromatic N) is 1. The van der Waals surface area contributed by atoms with Gasteiger partial charge < -0.3 is 25.4 Å². The lowest BCUT2D eigenvalue weighted by atomic mass is 10.2. The Morgan fingerprint density at radius 1 is 1.43 bits per heavy atom. The first kappa shape index (κ1) is 21.9. The molecule has 2 unspecified atom stereocenters. The van der Waals surface area contributed by atoms with Crippen LogP contribution in [0.2, 0.25) is 0 Å². The molecule has 0 spiro atoms. The Labute approximate surface area is 149 Å². The molecule has 1 heterocycles. The number of carbonyl (C=O) groups excluding carboxylic acids is 1. The first-order valence-electron chi connectivity index (χ1n) is 7.14. The van der Waals surface area contributed by atoms with Crippen LogP contribution >= 0.6 is 24.8 Å². The molecular formula is C15H25Cl2N3O3. The van der Waals surface area contributed by atoms with Gasteiger partial charge >= 0.3 is 0 Å². The van der Waals surface area contributed by atoms with E-state index in [-0.39, 0.29) is 36.8 Å². The summed E-state index contributed by atoms with van der Waals surface area (Å²) >= 11 is 0. The standard InChI is InChI=1S/C15H23N3O3.2ClH/c1-18(2)6-7-21-13-5-3-4-11(8-13)17-15(20)14-9-12(19)10-16-14;;/h3-5,8,12,14,16,19H,6-7,9-10H2,1-2H3,(H,17,20);2*1H. The topological polar surface area (TPSA) is 73.8 Å². The van der Waals surface area contributed by atoms with Crippen LogP contribution in [0.4, 0.5) is 5.69 Å². The van der Waals surface area contributed by atoms with Gasteiger partial charge in [0.2, 0.25) is 5.91 Å². The highest BCUT2D eigenvalue weighted by Gasteiger charge is 2.27. The molecule has 6 nitrogen and oxygen atoms in total. The maximum absolute atomic E-state index is 12.0. The Hall–Kier alpha value is -1.05.